The van der Waals surface area contributed by atoms with Crippen LogP contribution in [0, 0.1) is 0 Å². The number of para-hydroxylation sites is 2. The summed E-state index contributed by atoms with van der Waals surface area (Å²) in [5.74, 6) is 0.0908. The standard InChI is InChI=1S/C35H35N7O3/c1-39(2)23-31(43)40-19-17-25(18-20-40)24-13-15-28(16-14-24)42(27-11-7-4-8-12-27)35-37-21-29-32(44)30(33(36)45)22-41(34(29)38-35)26-9-5-3-6-10-26/h3-16,21-22,25H,17-20,23H2,1-2H3,(H2,36,45). The number of fused-ring (bicyclic) bond motifs is 1. The molecule has 1 aliphatic heterocycles. The highest BCUT2D eigenvalue weighted by Crippen LogP contribution is 2.35. The molecule has 228 valence electrons. The van der Waals surface area contributed by atoms with Crippen molar-refractivity contribution < 1.29 is 9.59 Å². The molecule has 45 heavy (non-hydrogen) atoms. The van der Waals surface area contributed by atoms with Gasteiger partial charge in [0, 0.05) is 42.5 Å². The quantitative estimate of drug-likeness (QED) is 0.276. The molecular formula is C35H35N7O3. The number of amides is 2. The van der Waals surface area contributed by atoms with E-state index in [0.717, 1.165) is 43.0 Å². The Labute approximate surface area is 261 Å². The predicted molar refractivity (Wildman–Crippen MR) is 175 cm³/mol. The molecule has 2 amide bonds. The highest BCUT2D eigenvalue weighted by molar-refractivity contribution is 5.96. The highest BCUT2D eigenvalue weighted by atomic mass is 16.2. The van der Waals surface area contributed by atoms with Crippen molar-refractivity contribution in [3.05, 3.63) is 119 Å². The number of hydrogen-bond acceptors (Lipinski definition) is 7. The van der Waals surface area contributed by atoms with Crippen LogP contribution in [0.3, 0.4) is 0 Å². The van der Waals surface area contributed by atoms with E-state index >= 15 is 0 Å². The first kappa shape index (κ1) is 29.7. The summed E-state index contributed by atoms with van der Waals surface area (Å²) in [6.07, 6.45) is 4.74. The van der Waals surface area contributed by atoms with Gasteiger partial charge in [0.15, 0.2) is 5.65 Å². The van der Waals surface area contributed by atoms with Crippen LogP contribution in [0.25, 0.3) is 16.7 Å². The monoisotopic (exact) mass is 601 g/mol. The van der Waals surface area contributed by atoms with Gasteiger partial charge in [-0.05, 0) is 74.8 Å². The van der Waals surface area contributed by atoms with E-state index in [4.69, 9.17) is 10.7 Å². The number of carbonyl (C=O) groups is 2. The predicted octanol–water partition coefficient (Wildman–Crippen LogP) is 4.62. The molecular weight excluding hydrogens is 566 g/mol. The maximum absolute atomic E-state index is 13.2. The average molecular weight is 602 g/mol. The molecule has 2 aromatic heterocycles. The van der Waals surface area contributed by atoms with Crippen molar-refractivity contribution in [1.29, 1.82) is 0 Å². The second kappa shape index (κ2) is 12.7. The van der Waals surface area contributed by atoms with E-state index in [1.165, 1.54) is 18.0 Å². The Balaban J connectivity index is 1.37. The smallest absolute Gasteiger partial charge is 0.254 e. The molecule has 1 fully saturated rings. The largest absolute Gasteiger partial charge is 0.365 e. The van der Waals surface area contributed by atoms with Crippen molar-refractivity contribution in [3.63, 3.8) is 0 Å². The number of benzene rings is 3. The molecule has 0 unspecified atom stereocenters. The second-order valence-electron chi connectivity index (χ2n) is 11.5. The lowest BCUT2D eigenvalue weighted by atomic mass is 9.89. The molecule has 0 bridgehead atoms. The van der Waals surface area contributed by atoms with Gasteiger partial charge in [0.25, 0.3) is 5.91 Å². The van der Waals surface area contributed by atoms with Crippen molar-refractivity contribution >= 4 is 40.2 Å². The molecule has 10 heteroatoms. The number of nitrogens with zero attached hydrogens (tertiary/aromatic N) is 6. The maximum atomic E-state index is 13.2. The van der Waals surface area contributed by atoms with Gasteiger partial charge in [0.1, 0.15) is 5.56 Å². The van der Waals surface area contributed by atoms with Gasteiger partial charge in [-0.15, -0.1) is 0 Å². The van der Waals surface area contributed by atoms with E-state index in [0.29, 0.717) is 24.1 Å². The van der Waals surface area contributed by atoms with Gasteiger partial charge in [-0.2, -0.15) is 4.98 Å². The minimum absolute atomic E-state index is 0.133. The van der Waals surface area contributed by atoms with Crippen LogP contribution in [0.4, 0.5) is 17.3 Å². The number of rotatable bonds is 8. The average Bonchev–Trinajstić information content (AvgIpc) is 3.06. The minimum atomic E-state index is -0.813. The summed E-state index contributed by atoms with van der Waals surface area (Å²) in [6, 6.07) is 27.5. The van der Waals surface area contributed by atoms with Crippen LogP contribution < -0.4 is 16.1 Å². The summed E-state index contributed by atoms with van der Waals surface area (Å²) in [5.41, 5.74) is 8.92. The molecule has 5 aromatic rings. The number of piperidine rings is 1. The summed E-state index contributed by atoms with van der Waals surface area (Å²) in [7, 11) is 3.82. The molecule has 6 rings (SSSR count). The van der Waals surface area contributed by atoms with Crippen LogP contribution in [0.1, 0.15) is 34.7 Å². The molecule has 3 heterocycles. The van der Waals surface area contributed by atoms with E-state index in [2.05, 4.69) is 29.2 Å². The molecule has 0 saturated carbocycles. The zero-order valence-corrected chi connectivity index (χ0v) is 25.3. The third-order valence-electron chi connectivity index (χ3n) is 8.17. The normalized spacial score (nSPS) is 13.7. The zero-order valence-electron chi connectivity index (χ0n) is 25.3. The summed E-state index contributed by atoms with van der Waals surface area (Å²) in [5, 5.41) is 0.192. The number of anilines is 3. The first-order valence-corrected chi connectivity index (χ1v) is 15.0. The van der Waals surface area contributed by atoms with Crippen LogP contribution in [0.5, 0.6) is 0 Å². The Bertz CT molecular complexity index is 1880. The van der Waals surface area contributed by atoms with Crippen molar-refractivity contribution in [2.24, 2.45) is 5.73 Å². The summed E-state index contributed by atoms with van der Waals surface area (Å²) < 4.78 is 1.70. The van der Waals surface area contributed by atoms with E-state index in [9.17, 15) is 14.4 Å². The molecule has 10 nitrogen and oxygen atoms in total. The zero-order chi connectivity index (χ0) is 31.5. The van der Waals surface area contributed by atoms with Crippen LogP contribution in [-0.2, 0) is 4.79 Å². The molecule has 0 atom stereocenters. The van der Waals surface area contributed by atoms with Gasteiger partial charge >= 0.3 is 0 Å². The van der Waals surface area contributed by atoms with Crippen LogP contribution in [0.15, 0.2) is 102 Å². The van der Waals surface area contributed by atoms with Gasteiger partial charge in [-0.25, -0.2) is 4.98 Å². The third-order valence-corrected chi connectivity index (χ3v) is 8.17. The number of hydrogen-bond donors (Lipinski definition) is 1. The number of likely N-dealkylation sites (tertiary alicyclic amines) is 1. The van der Waals surface area contributed by atoms with Gasteiger partial charge in [0.05, 0.1) is 11.9 Å². The Morgan fingerprint density at radius 1 is 0.889 bits per heavy atom. The van der Waals surface area contributed by atoms with Crippen molar-refractivity contribution in [2.45, 2.75) is 18.8 Å². The molecule has 0 radical (unpaired) electrons. The van der Waals surface area contributed by atoms with Gasteiger partial charge in [0.2, 0.25) is 17.3 Å². The lowest BCUT2D eigenvalue weighted by molar-refractivity contribution is -0.132. The van der Waals surface area contributed by atoms with Gasteiger partial charge in [-0.1, -0.05) is 48.5 Å². The van der Waals surface area contributed by atoms with Gasteiger partial charge < -0.3 is 20.1 Å². The molecule has 3 aromatic carbocycles. The Hall–Kier alpha value is -5.35. The number of nitrogens with two attached hydrogens (primary N) is 1. The van der Waals surface area contributed by atoms with E-state index in [-0.39, 0.29) is 16.9 Å². The van der Waals surface area contributed by atoms with Crippen LogP contribution >= 0.6 is 0 Å². The Morgan fingerprint density at radius 2 is 1.51 bits per heavy atom. The third kappa shape index (κ3) is 6.18. The molecule has 1 aliphatic rings. The fourth-order valence-electron chi connectivity index (χ4n) is 5.86. The SMILES string of the molecule is CN(C)CC(=O)N1CCC(c2ccc(N(c3ccccc3)c3ncc4c(=O)c(C(N)=O)cn(-c5ccccc5)c4n3)cc2)CC1. The number of primary amides is 1. The highest BCUT2D eigenvalue weighted by Gasteiger charge is 2.25. The fraction of sp³-hybridized carbons (Fsp3) is 0.229. The van der Waals surface area contributed by atoms with Crippen molar-refractivity contribution in [2.75, 3.05) is 38.6 Å². The number of pyridine rings is 1. The number of carbonyl (C=O) groups excluding carboxylic acids is 2. The Morgan fingerprint density at radius 3 is 2.13 bits per heavy atom. The first-order valence-electron chi connectivity index (χ1n) is 15.0. The van der Waals surface area contributed by atoms with Crippen LogP contribution in [0.2, 0.25) is 0 Å². The number of likely N-dealkylation sites (N-methyl/N-ethyl adjacent to an activating group) is 1. The lowest BCUT2D eigenvalue weighted by Gasteiger charge is -2.33. The number of aromatic nitrogens is 3. The second-order valence-corrected chi connectivity index (χ2v) is 11.5. The molecule has 0 spiro atoms. The summed E-state index contributed by atoms with van der Waals surface area (Å²) >= 11 is 0. The summed E-state index contributed by atoms with van der Waals surface area (Å²) in [6.45, 7) is 1.93. The Kier molecular flexibility index (Phi) is 8.39. The van der Waals surface area contributed by atoms with E-state index < -0.39 is 11.3 Å². The van der Waals surface area contributed by atoms with Gasteiger partial charge in [-0.3, -0.25) is 19.3 Å². The van der Waals surface area contributed by atoms with Crippen molar-refractivity contribution in [3.8, 4) is 5.69 Å². The van der Waals surface area contributed by atoms with Crippen molar-refractivity contribution in [1.82, 2.24) is 24.3 Å². The minimum Gasteiger partial charge on any atom is -0.365 e. The van der Waals surface area contributed by atoms with E-state index in [1.807, 2.05) is 89.5 Å². The molecule has 2 N–H and O–H groups in total. The first-order chi connectivity index (χ1) is 21.8. The lowest BCUT2D eigenvalue weighted by Crippen LogP contribution is -2.42. The summed E-state index contributed by atoms with van der Waals surface area (Å²) in [4.78, 5) is 53.2. The molecule has 1 saturated heterocycles. The fourth-order valence-corrected chi connectivity index (χ4v) is 5.86. The van der Waals surface area contributed by atoms with Crippen LogP contribution in [-0.4, -0.2) is 69.9 Å². The molecule has 0 aliphatic carbocycles. The van der Waals surface area contributed by atoms with E-state index in [1.54, 1.807) is 4.57 Å². The topological polar surface area (TPSA) is 118 Å². The maximum Gasteiger partial charge on any atom is 0.254 e.